The molecule has 4 atom stereocenters. The van der Waals surface area contributed by atoms with Crippen molar-refractivity contribution in [3.8, 4) is 11.5 Å². The van der Waals surface area contributed by atoms with Crippen LogP contribution in [0.15, 0.2) is 36.4 Å². The van der Waals surface area contributed by atoms with Gasteiger partial charge in [0.05, 0.1) is 0 Å². The highest BCUT2D eigenvalue weighted by Gasteiger charge is 2.35. The predicted octanol–water partition coefficient (Wildman–Crippen LogP) is 2.63. The van der Waals surface area contributed by atoms with Gasteiger partial charge < -0.3 is 14.8 Å². The first kappa shape index (κ1) is 12.3. The molecular formula is C17H21NO2. The van der Waals surface area contributed by atoms with Crippen LogP contribution in [0.25, 0.3) is 0 Å². The van der Waals surface area contributed by atoms with Gasteiger partial charge in [-0.25, -0.2) is 0 Å². The van der Waals surface area contributed by atoms with Crippen molar-refractivity contribution in [3.63, 3.8) is 0 Å². The van der Waals surface area contributed by atoms with E-state index in [1.807, 2.05) is 24.3 Å². The molecule has 1 saturated carbocycles. The maximum Gasteiger partial charge on any atom is 0.161 e. The molecule has 1 N–H and O–H groups in total. The lowest BCUT2D eigenvalue weighted by Crippen LogP contribution is -2.40. The average molecular weight is 271 g/mol. The summed E-state index contributed by atoms with van der Waals surface area (Å²) in [7, 11) is 0. The van der Waals surface area contributed by atoms with E-state index in [0.29, 0.717) is 6.61 Å². The van der Waals surface area contributed by atoms with Gasteiger partial charge in [0.25, 0.3) is 0 Å². The zero-order valence-electron chi connectivity index (χ0n) is 11.6. The summed E-state index contributed by atoms with van der Waals surface area (Å²) in [5.74, 6) is 4.22. The normalized spacial score (nSPS) is 33.6. The first-order chi connectivity index (χ1) is 9.88. The van der Waals surface area contributed by atoms with Gasteiger partial charge in [0, 0.05) is 6.54 Å². The molecule has 2 bridgehead atoms. The molecule has 3 aliphatic rings. The van der Waals surface area contributed by atoms with Gasteiger partial charge in [0.2, 0.25) is 0 Å². The second kappa shape index (κ2) is 5.13. The van der Waals surface area contributed by atoms with E-state index in [4.69, 9.17) is 9.47 Å². The van der Waals surface area contributed by atoms with Gasteiger partial charge in [-0.2, -0.15) is 0 Å². The summed E-state index contributed by atoms with van der Waals surface area (Å²) < 4.78 is 11.7. The predicted molar refractivity (Wildman–Crippen MR) is 78.1 cm³/mol. The fraction of sp³-hybridized carbons (Fsp3) is 0.529. The summed E-state index contributed by atoms with van der Waals surface area (Å²) in [5.41, 5.74) is 0. The summed E-state index contributed by atoms with van der Waals surface area (Å²) in [4.78, 5) is 0. The van der Waals surface area contributed by atoms with Crippen LogP contribution in [0.5, 0.6) is 11.5 Å². The number of hydrogen-bond acceptors (Lipinski definition) is 3. The minimum absolute atomic E-state index is 0.124. The van der Waals surface area contributed by atoms with Gasteiger partial charge >= 0.3 is 0 Å². The van der Waals surface area contributed by atoms with Crippen LogP contribution in [0, 0.1) is 17.8 Å². The maximum atomic E-state index is 5.96. The van der Waals surface area contributed by atoms with Crippen molar-refractivity contribution in [2.24, 2.45) is 17.8 Å². The first-order valence-corrected chi connectivity index (χ1v) is 7.66. The Kier molecular flexibility index (Phi) is 3.15. The number of fused-ring (bicyclic) bond motifs is 3. The van der Waals surface area contributed by atoms with Crippen molar-refractivity contribution in [1.29, 1.82) is 0 Å². The molecule has 0 radical (unpaired) electrons. The Bertz CT molecular complexity index is 513. The van der Waals surface area contributed by atoms with E-state index < -0.39 is 0 Å². The minimum atomic E-state index is 0.124. The van der Waals surface area contributed by atoms with Crippen molar-refractivity contribution in [1.82, 2.24) is 5.32 Å². The standard InChI is InChI=1S/C17H21NO2/c1-2-4-17-16(3-1)19-11-15(20-17)10-18-9-14-8-12-5-6-13(14)7-12/h1-6,12-15,18H,7-11H2. The van der Waals surface area contributed by atoms with Crippen LogP contribution in [-0.2, 0) is 0 Å². The quantitative estimate of drug-likeness (QED) is 0.854. The molecule has 1 fully saturated rings. The van der Waals surface area contributed by atoms with Crippen molar-refractivity contribution in [2.45, 2.75) is 18.9 Å². The Morgan fingerprint density at radius 1 is 1.05 bits per heavy atom. The third-order valence-electron chi connectivity index (χ3n) is 4.76. The van der Waals surface area contributed by atoms with E-state index in [2.05, 4.69) is 17.5 Å². The number of para-hydroxylation sites is 2. The number of hydrogen-bond donors (Lipinski definition) is 1. The summed E-state index contributed by atoms with van der Waals surface area (Å²) in [6.07, 6.45) is 7.67. The Morgan fingerprint density at radius 3 is 2.75 bits per heavy atom. The zero-order valence-corrected chi connectivity index (χ0v) is 11.6. The van der Waals surface area contributed by atoms with Gasteiger partial charge in [0.1, 0.15) is 12.7 Å². The van der Waals surface area contributed by atoms with Crippen LogP contribution >= 0.6 is 0 Å². The molecule has 0 spiro atoms. The third kappa shape index (κ3) is 2.31. The molecule has 1 aromatic rings. The highest BCUT2D eigenvalue weighted by molar-refractivity contribution is 5.40. The first-order valence-electron chi connectivity index (χ1n) is 7.66. The Balaban J connectivity index is 1.26. The van der Waals surface area contributed by atoms with Crippen molar-refractivity contribution in [2.75, 3.05) is 19.7 Å². The molecule has 4 rings (SSSR count). The molecule has 1 heterocycles. The highest BCUT2D eigenvalue weighted by Crippen LogP contribution is 2.42. The molecule has 0 amide bonds. The van der Waals surface area contributed by atoms with E-state index in [0.717, 1.165) is 42.3 Å². The molecule has 20 heavy (non-hydrogen) atoms. The monoisotopic (exact) mass is 271 g/mol. The molecular weight excluding hydrogens is 250 g/mol. The van der Waals surface area contributed by atoms with Crippen LogP contribution < -0.4 is 14.8 Å². The zero-order chi connectivity index (χ0) is 13.4. The minimum Gasteiger partial charge on any atom is -0.486 e. The summed E-state index contributed by atoms with van der Waals surface area (Å²) in [6, 6.07) is 7.89. The molecule has 0 saturated heterocycles. The maximum absolute atomic E-state index is 5.96. The van der Waals surface area contributed by atoms with E-state index in [1.165, 1.54) is 12.8 Å². The molecule has 4 unspecified atom stereocenters. The van der Waals surface area contributed by atoms with Gasteiger partial charge in [-0.1, -0.05) is 24.3 Å². The van der Waals surface area contributed by atoms with E-state index >= 15 is 0 Å². The molecule has 1 aromatic carbocycles. The largest absolute Gasteiger partial charge is 0.486 e. The summed E-state index contributed by atoms with van der Waals surface area (Å²) in [6.45, 7) is 2.61. The van der Waals surface area contributed by atoms with Crippen LogP contribution in [0.1, 0.15) is 12.8 Å². The van der Waals surface area contributed by atoms with E-state index in [1.54, 1.807) is 0 Å². The number of nitrogens with one attached hydrogen (secondary N) is 1. The lowest BCUT2D eigenvalue weighted by atomic mass is 9.93. The van der Waals surface area contributed by atoms with Gasteiger partial charge in [-0.3, -0.25) is 0 Å². The lowest BCUT2D eigenvalue weighted by molar-refractivity contribution is 0.0894. The van der Waals surface area contributed by atoms with E-state index in [-0.39, 0.29) is 6.10 Å². The van der Waals surface area contributed by atoms with Crippen LogP contribution in [-0.4, -0.2) is 25.8 Å². The Hall–Kier alpha value is -1.48. The Morgan fingerprint density at radius 2 is 1.95 bits per heavy atom. The van der Waals surface area contributed by atoms with Crippen LogP contribution in [0.2, 0.25) is 0 Å². The Labute approximate surface area is 120 Å². The van der Waals surface area contributed by atoms with Gasteiger partial charge in [-0.05, 0) is 49.3 Å². The van der Waals surface area contributed by atoms with Gasteiger partial charge in [-0.15, -0.1) is 0 Å². The second-order valence-corrected chi connectivity index (χ2v) is 6.20. The van der Waals surface area contributed by atoms with E-state index in [9.17, 15) is 0 Å². The van der Waals surface area contributed by atoms with Crippen molar-refractivity contribution >= 4 is 0 Å². The number of rotatable bonds is 4. The SMILES string of the molecule is C1=CC2CC1CC2CNCC1COc2ccccc2O1. The number of allylic oxidation sites excluding steroid dienone is 2. The third-order valence-corrected chi connectivity index (χ3v) is 4.76. The molecule has 3 heteroatoms. The van der Waals surface area contributed by atoms with Crippen molar-refractivity contribution in [3.05, 3.63) is 36.4 Å². The fourth-order valence-corrected chi connectivity index (χ4v) is 3.72. The summed E-state index contributed by atoms with van der Waals surface area (Å²) >= 11 is 0. The summed E-state index contributed by atoms with van der Waals surface area (Å²) in [5, 5.41) is 3.57. The molecule has 0 aromatic heterocycles. The number of ether oxygens (including phenoxy) is 2. The molecule has 3 nitrogen and oxygen atoms in total. The van der Waals surface area contributed by atoms with Crippen LogP contribution in [0.3, 0.4) is 0 Å². The molecule has 106 valence electrons. The van der Waals surface area contributed by atoms with Gasteiger partial charge in [0.15, 0.2) is 11.5 Å². The van der Waals surface area contributed by atoms with Crippen LogP contribution in [0.4, 0.5) is 0 Å². The topological polar surface area (TPSA) is 30.5 Å². The highest BCUT2D eigenvalue weighted by atomic mass is 16.6. The smallest absolute Gasteiger partial charge is 0.161 e. The number of benzene rings is 1. The lowest BCUT2D eigenvalue weighted by Gasteiger charge is -2.27. The average Bonchev–Trinajstić information content (AvgIpc) is 3.10. The van der Waals surface area contributed by atoms with Crippen molar-refractivity contribution < 1.29 is 9.47 Å². The second-order valence-electron chi connectivity index (χ2n) is 6.20. The molecule has 1 aliphatic heterocycles. The molecule has 2 aliphatic carbocycles. The fourth-order valence-electron chi connectivity index (χ4n) is 3.72.